The monoisotopic (exact) mass is 274 g/mol. The lowest BCUT2D eigenvalue weighted by Crippen LogP contribution is -2.48. The number of amides is 3. The largest absolute Gasteiger partial charge is 0.393 e. The Bertz CT molecular complexity index is 343. The van der Waals surface area contributed by atoms with Crippen LogP contribution in [-0.2, 0) is 14.4 Å². The second kappa shape index (κ2) is 7.59. The van der Waals surface area contributed by atoms with Gasteiger partial charge in [0.1, 0.15) is 0 Å². The third-order valence-electron chi connectivity index (χ3n) is 2.22. The molecule has 0 bridgehead atoms. The van der Waals surface area contributed by atoms with E-state index in [1.54, 1.807) is 0 Å². The normalized spacial score (nSPS) is 11.6. The number of nitrogens with two attached hydrogens (primary N) is 3. The van der Waals surface area contributed by atoms with Gasteiger partial charge in [-0.3, -0.25) is 14.4 Å². The Labute approximate surface area is 111 Å². The zero-order chi connectivity index (χ0) is 14.3. The zero-order valence-corrected chi connectivity index (χ0v) is 11.0. The fourth-order valence-corrected chi connectivity index (χ4v) is 1.70. The maximum Gasteiger partial charge on any atom is 0.237 e. The fraction of sp³-hybridized carbons (Fsp3) is 0.600. The third kappa shape index (κ3) is 5.58. The molecule has 0 spiro atoms. The van der Waals surface area contributed by atoms with Crippen molar-refractivity contribution in [1.29, 1.82) is 0 Å². The van der Waals surface area contributed by atoms with E-state index in [1.807, 2.05) is 6.92 Å². The van der Waals surface area contributed by atoms with Crippen molar-refractivity contribution in [2.24, 2.45) is 23.1 Å². The van der Waals surface area contributed by atoms with Gasteiger partial charge in [0, 0.05) is 0 Å². The van der Waals surface area contributed by atoms with Crippen LogP contribution in [-0.4, -0.2) is 40.7 Å². The van der Waals surface area contributed by atoms with Crippen LogP contribution >= 0.6 is 12.2 Å². The van der Waals surface area contributed by atoms with Gasteiger partial charge in [0.25, 0.3) is 0 Å². The standard InChI is InChI=1S/C10H18N4O3S/c1-2-3-6(9(13)18)10(17)14(4-7(11)15)5-8(12)16/h6H,2-5H2,1H3,(H2,11,15)(H2,12,16)(H2,13,18). The number of carbonyl (C=O) groups is 3. The molecular formula is C10H18N4O3S. The van der Waals surface area contributed by atoms with Crippen molar-refractivity contribution >= 4 is 34.9 Å². The molecule has 0 saturated heterocycles. The first-order chi connectivity index (χ1) is 8.29. The highest BCUT2D eigenvalue weighted by Gasteiger charge is 2.27. The Hall–Kier alpha value is -1.70. The van der Waals surface area contributed by atoms with Crippen LogP contribution in [0.15, 0.2) is 0 Å². The van der Waals surface area contributed by atoms with Gasteiger partial charge in [-0.25, -0.2) is 0 Å². The topological polar surface area (TPSA) is 133 Å². The Balaban J connectivity index is 4.94. The molecule has 0 aromatic carbocycles. The molecule has 18 heavy (non-hydrogen) atoms. The van der Waals surface area contributed by atoms with Crippen LogP contribution < -0.4 is 17.2 Å². The number of nitrogens with zero attached hydrogens (tertiary/aromatic N) is 1. The molecule has 0 aliphatic rings. The number of carbonyl (C=O) groups excluding carboxylic acids is 3. The van der Waals surface area contributed by atoms with Gasteiger partial charge in [0.2, 0.25) is 17.7 Å². The molecule has 7 nitrogen and oxygen atoms in total. The Morgan fingerprint density at radius 1 is 1.11 bits per heavy atom. The number of hydrogen-bond acceptors (Lipinski definition) is 4. The summed E-state index contributed by atoms with van der Waals surface area (Å²) < 4.78 is 0. The van der Waals surface area contributed by atoms with E-state index in [2.05, 4.69) is 0 Å². The summed E-state index contributed by atoms with van der Waals surface area (Å²) in [5.41, 5.74) is 15.5. The molecule has 0 aromatic rings. The average Bonchev–Trinajstić information content (AvgIpc) is 2.22. The van der Waals surface area contributed by atoms with Crippen molar-refractivity contribution < 1.29 is 14.4 Å². The predicted octanol–water partition coefficient (Wildman–Crippen LogP) is -1.51. The van der Waals surface area contributed by atoms with Crippen molar-refractivity contribution in [3.05, 3.63) is 0 Å². The first kappa shape index (κ1) is 16.3. The predicted molar refractivity (Wildman–Crippen MR) is 70.2 cm³/mol. The van der Waals surface area contributed by atoms with Crippen molar-refractivity contribution in [3.63, 3.8) is 0 Å². The zero-order valence-electron chi connectivity index (χ0n) is 10.2. The smallest absolute Gasteiger partial charge is 0.237 e. The van der Waals surface area contributed by atoms with Crippen LogP contribution in [0.4, 0.5) is 0 Å². The molecule has 0 rings (SSSR count). The Morgan fingerprint density at radius 3 is 1.83 bits per heavy atom. The van der Waals surface area contributed by atoms with Gasteiger partial charge in [0.05, 0.1) is 24.0 Å². The fourth-order valence-electron chi connectivity index (χ4n) is 1.48. The van der Waals surface area contributed by atoms with Crippen LogP contribution in [0.2, 0.25) is 0 Å². The molecular weight excluding hydrogens is 256 g/mol. The van der Waals surface area contributed by atoms with Crippen LogP contribution in [0.5, 0.6) is 0 Å². The molecule has 0 radical (unpaired) electrons. The number of rotatable bonds is 8. The summed E-state index contributed by atoms with van der Waals surface area (Å²) in [6.07, 6.45) is 1.14. The minimum atomic E-state index is -0.734. The lowest BCUT2D eigenvalue weighted by Gasteiger charge is -2.24. The van der Waals surface area contributed by atoms with Crippen molar-refractivity contribution in [1.82, 2.24) is 4.90 Å². The van der Waals surface area contributed by atoms with Crippen LogP contribution in [0.1, 0.15) is 19.8 Å². The van der Waals surface area contributed by atoms with Crippen LogP contribution in [0.3, 0.4) is 0 Å². The Kier molecular flexibility index (Phi) is 6.88. The molecule has 0 aliphatic carbocycles. The molecule has 6 N–H and O–H groups in total. The van der Waals surface area contributed by atoms with E-state index in [4.69, 9.17) is 29.4 Å². The maximum atomic E-state index is 12.1. The molecule has 0 saturated carbocycles. The summed E-state index contributed by atoms with van der Waals surface area (Å²) in [7, 11) is 0. The van der Waals surface area contributed by atoms with Crippen LogP contribution in [0.25, 0.3) is 0 Å². The summed E-state index contributed by atoms with van der Waals surface area (Å²) in [5.74, 6) is -2.67. The summed E-state index contributed by atoms with van der Waals surface area (Å²) in [4.78, 5) is 34.8. The van der Waals surface area contributed by atoms with Gasteiger partial charge in [-0.2, -0.15) is 0 Å². The minimum absolute atomic E-state index is 0.0285. The SMILES string of the molecule is CCCC(C(=O)N(CC(N)=O)CC(N)=O)C(N)=S. The molecule has 0 aliphatic heterocycles. The number of hydrogen-bond donors (Lipinski definition) is 3. The summed E-state index contributed by atoms with van der Waals surface area (Å²) in [6, 6.07) is 0. The molecule has 1 unspecified atom stereocenters. The van der Waals surface area contributed by atoms with E-state index >= 15 is 0 Å². The van der Waals surface area contributed by atoms with Crippen LogP contribution in [0, 0.1) is 5.92 Å². The van der Waals surface area contributed by atoms with Gasteiger partial charge in [-0.15, -0.1) is 0 Å². The highest BCUT2D eigenvalue weighted by molar-refractivity contribution is 7.80. The van der Waals surface area contributed by atoms with Crippen molar-refractivity contribution in [2.45, 2.75) is 19.8 Å². The first-order valence-corrected chi connectivity index (χ1v) is 5.85. The second-order valence-electron chi connectivity index (χ2n) is 3.87. The average molecular weight is 274 g/mol. The van der Waals surface area contributed by atoms with Crippen molar-refractivity contribution in [2.75, 3.05) is 13.1 Å². The molecule has 8 heteroatoms. The lowest BCUT2D eigenvalue weighted by molar-refractivity contribution is -0.139. The van der Waals surface area contributed by atoms with Gasteiger partial charge in [0.15, 0.2) is 0 Å². The highest BCUT2D eigenvalue weighted by atomic mass is 32.1. The first-order valence-electron chi connectivity index (χ1n) is 5.44. The van der Waals surface area contributed by atoms with Gasteiger partial charge >= 0.3 is 0 Å². The molecule has 3 amide bonds. The van der Waals surface area contributed by atoms with E-state index < -0.39 is 23.6 Å². The van der Waals surface area contributed by atoms with Gasteiger partial charge in [-0.1, -0.05) is 25.6 Å². The van der Waals surface area contributed by atoms with Crippen molar-refractivity contribution in [3.8, 4) is 0 Å². The van der Waals surface area contributed by atoms with E-state index in [-0.39, 0.29) is 18.1 Å². The number of thiocarbonyl (C=S) groups is 1. The third-order valence-corrected chi connectivity index (χ3v) is 2.51. The van der Waals surface area contributed by atoms with E-state index in [9.17, 15) is 14.4 Å². The second-order valence-corrected chi connectivity index (χ2v) is 4.34. The Morgan fingerprint density at radius 2 is 1.56 bits per heavy atom. The molecule has 0 aromatic heterocycles. The highest BCUT2D eigenvalue weighted by Crippen LogP contribution is 2.11. The van der Waals surface area contributed by atoms with Gasteiger partial charge in [-0.05, 0) is 6.42 Å². The molecule has 102 valence electrons. The molecule has 1 atom stereocenters. The summed E-state index contributed by atoms with van der Waals surface area (Å²) in [6.45, 7) is 1.10. The molecule has 0 fully saturated rings. The number of primary amides is 2. The van der Waals surface area contributed by atoms with E-state index in [0.717, 1.165) is 4.90 Å². The maximum absolute atomic E-state index is 12.1. The van der Waals surface area contributed by atoms with Gasteiger partial charge < -0.3 is 22.1 Å². The quantitative estimate of drug-likeness (QED) is 0.463. The summed E-state index contributed by atoms with van der Waals surface area (Å²) >= 11 is 4.80. The van der Waals surface area contributed by atoms with E-state index in [1.165, 1.54) is 0 Å². The van der Waals surface area contributed by atoms with E-state index in [0.29, 0.717) is 12.8 Å². The molecule has 0 heterocycles. The lowest BCUT2D eigenvalue weighted by atomic mass is 10.0. The minimum Gasteiger partial charge on any atom is -0.393 e. The summed E-state index contributed by atoms with van der Waals surface area (Å²) in [5, 5.41) is 0.